The lowest BCUT2D eigenvalue weighted by Crippen LogP contribution is -2.21. The standard InChI is InChI=1S/C12H17N3O3/c1-18-9-10-4-5-14(7-10)8-11-2-3-12(6-13-11)15(16)17/h2-3,6,10H,4-5,7-9H2,1H3/t10-/m0/s1. The highest BCUT2D eigenvalue weighted by Crippen LogP contribution is 2.18. The predicted octanol–water partition coefficient (Wildman–Crippen LogP) is 1.46. The third kappa shape index (κ3) is 3.24. The quantitative estimate of drug-likeness (QED) is 0.585. The van der Waals surface area contributed by atoms with E-state index in [0.717, 1.165) is 38.4 Å². The molecule has 1 fully saturated rings. The summed E-state index contributed by atoms with van der Waals surface area (Å²) in [6, 6.07) is 3.23. The summed E-state index contributed by atoms with van der Waals surface area (Å²) in [5, 5.41) is 10.5. The first-order chi connectivity index (χ1) is 8.69. The second-order valence-corrected chi connectivity index (χ2v) is 4.61. The molecule has 1 aromatic rings. The second-order valence-electron chi connectivity index (χ2n) is 4.61. The Bertz CT molecular complexity index is 408. The van der Waals surface area contributed by atoms with Gasteiger partial charge in [-0.1, -0.05) is 0 Å². The average Bonchev–Trinajstić information content (AvgIpc) is 2.78. The van der Waals surface area contributed by atoms with Crippen LogP contribution in [0, 0.1) is 16.0 Å². The summed E-state index contributed by atoms with van der Waals surface area (Å²) >= 11 is 0. The number of hydrogen-bond acceptors (Lipinski definition) is 5. The summed E-state index contributed by atoms with van der Waals surface area (Å²) in [4.78, 5) is 16.5. The van der Waals surface area contributed by atoms with Crippen LogP contribution in [0.15, 0.2) is 18.3 Å². The van der Waals surface area contributed by atoms with Crippen LogP contribution in [0.4, 0.5) is 5.69 Å². The number of nitrogens with zero attached hydrogens (tertiary/aromatic N) is 3. The van der Waals surface area contributed by atoms with Crippen LogP contribution in [-0.2, 0) is 11.3 Å². The van der Waals surface area contributed by atoms with E-state index < -0.39 is 4.92 Å². The van der Waals surface area contributed by atoms with Crippen LogP contribution in [-0.4, -0.2) is 41.6 Å². The van der Waals surface area contributed by atoms with E-state index in [0.29, 0.717) is 5.92 Å². The van der Waals surface area contributed by atoms with Crippen molar-refractivity contribution < 1.29 is 9.66 Å². The maximum atomic E-state index is 10.5. The minimum atomic E-state index is -0.429. The highest BCUT2D eigenvalue weighted by atomic mass is 16.6. The van der Waals surface area contributed by atoms with Crippen molar-refractivity contribution in [2.45, 2.75) is 13.0 Å². The average molecular weight is 251 g/mol. The molecule has 0 spiro atoms. The summed E-state index contributed by atoms with van der Waals surface area (Å²) in [5.74, 6) is 0.591. The van der Waals surface area contributed by atoms with Crippen LogP contribution in [0.1, 0.15) is 12.1 Å². The number of nitro groups is 1. The normalized spacial score (nSPS) is 20.2. The molecule has 0 amide bonds. The van der Waals surface area contributed by atoms with Crippen molar-refractivity contribution >= 4 is 5.69 Å². The molecule has 0 N–H and O–H groups in total. The molecule has 18 heavy (non-hydrogen) atoms. The molecule has 1 aromatic heterocycles. The zero-order valence-corrected chi connectivity index (χ0v) is 10.4. The Kier molecular flexibility index (Phi) is 4.22. The van der Waals surface area contributed by atoms with Crippen molar-refractivity contribution in [2.24, 2.45) is 5.92 Å². The van der Waals surface area contributed by atoms with Crippen molar-refractivity contribution in [1.82, 2.24) is 9.88 Å². The van der Waals surface area contributed by atoms with E-state index in [4.69, 9.17) is 4.74 Å². The molecule has 1 aliphatic heterocycles. The Morgan fingerprint density at radius 1 is 1.61 bits per heavy atom. The van der Waals surface area contributed by atoms with Crippen LogP contribution in [0.3, 0.4) is 0 Å². The number of likely N-dealkylation sites (tertiary alicyclic amines) is 1. The van der Waals surface area contributed by atoms with Crippen molar-refractivity contribution in [1.29, 1.82) is 0 Å². The van der Waals surface area contributed by atoms with Gasteiger partial charge < -0.3 is 4.74 Å². The molecule has 1 saturated heterocycles. The van der Waals surface area contributed by atoms with Crippen LogP contribution in [0.25, 0.3) is 0 Å². The van der Waals surface area contributed by atoms with E-state index >= 15 is 0 Å². The molecule has 6 nitrogen and oxygen atoms in total. The third-order valence-electron chi connectivity index (χ3n) is 3.18. The Labute approximate surface area is 106 Å². The van der Waals surface area contributed by atoms with Gasteiger partial charge in [0, 0.05) is 26.3 Å². The Morgan fingerprint density at radius 2 is 2.44 bits per heavy atom. The van der Waals surface area contributed by atoms with Crippen LogP contribution < -0.4 is 0 Å². The molecule has 1 atom stereocenters. The first kappa shape index (κ1) is 12.9. The number of pyridine rings is 1. The Morgan fingerprint density at radius 3 is 3.06 bits per heavy atom. The molecule has 0 radical (unpaired) electrons. The maximum Gasteiger partial charge on any atom is 0.287 e. The molecular weight excluding hydrogens is 234 g/mol. The maximum absolute atomic E-state index is 10.5. The summed E-state index contributed by atoms with van der Waals surface area (Å²) in [7, 11) is 1.72. The molecule has 1 aliphatic rings. The first-order valence-electron chi connectivity index (χ1n) is 5.99. The van der Waals surface area contributed by atoms with Crippen molar-refractivity contribution in [3.8, 4) is 0 Å². The molecule has 0 aromatic carbocycles. The van der Waals surface area contributed by atoms with Crippen LogP contribution in [0.5, 0.6) is 0 Å². The molecule has 2 heterocycles. The van der Waals surface area contributed by atoms with Crippen molar-refractivity contribution in [3.05, 3.63) is 34.1 Å². The van der Waals surface area contributed by atoms with Gasteiger partial charge in [-0.3, -0.25) is 20.0 Å². The fourth-order valence-electron chi connectivity index (χ4n) is 2.28. The van der Waals surface area contributed by atoms with Crippen molar-refractivity contribution in [3.63, 3.8) is 0 Å². The van der Waals surface area contributed by atoms with Gasteiger partial charge in [-0.25, -0.2) is 0 Å². The molecule has 0 bridgehead atoms. The number of rotatable bonds is 5. The zero-order chi connectivity index (χ0) is 13.0. The molecular formula is C12H17N3O3. The van der Waals surface area contributed by atoms with Gasteiger partial charge in [-0.2, -0.15) is 0 Å². The number of methoxy groups -OCH3 is 1. The lowest BCUT2D eigenvalue weighted by Gasteiger charge is -2.15. The highest BCUT2D eigenvalue weighted by Gasteiger charge is 2.22. The highest BCUT2D eigenvalue weighted by molar-refractivity contribution is 5.26. The van der Waals surface area contributed by atoms with E-state index in [-0.39, 0.29) is 5.69 Å². The van der Waals surface area contributed by atoms with Gasteiger partial charge in [0.1, 0.15) is 6.20 Å². The largest absolute Gasteiger partial charge is 0.384 e. The fourth-order valence-corrected chi connectivity index (χ4v) is 2.28. The number of ether oxygens (including phenoxy) is 1. The van der Waals surface area contributed by atoms with E-state index in [1.54, 1.807) is 13.2 Å². The fraction of sp³-hybridized carbons (Fsp3) is 0.583. The SMILES string of the molecule is COC[C@H]1CCN(Cc2ccc([N+](=O)[O-])cn2)C1. The van der Waals surface area contributed by atoms with Gasteiger partial charge in [0.15, 0.2) is 0 Å². The lowest BCUT2D eigenvalue weighted by atomic mass is 10.1. The van der Waals surface area contributed by atoms with E-state index in [2.05, 4.69) is 9.88 Å². The minimum absolute atomic E-state index is 0.0393. The van der Waals surface area contributed by atoms with Gasteiger partial charge in [0.25, 0.3) is 5.69 Å². The van der Waals surface area contributed by atoms with E-state index in [1.165, 1.54) is 12.3 Å². The van der Waals surface area contributed by atoms with Gasteiger partial charge in [-0.15, -0.1) is 0 Å². The van der Waals surface area contributed by atoms with Gasteiger partial charge in [0.05, 0.1) is 17.2 Å². The first-order valence-corrected chi connectivity index (χ1v) is 5.99. The monoisotopic (exact) mass is 251 g/mol. The Hall–Kier alpha value is -1.53. The molecule has 0 saturated carbocycles. The minimum Gasteiger partial charge on any atom is -0.384 e. The molecule has 2 rings (SSSR count). The topological polar surface area (TPSA) is 68.5 Å². The van der Waals surface area contributed by atoms with E-state index in [9.17, 15) is 10.1 Å². The van der Waals surface area contributed by atoms with E-state index in [1.807, 2.05) is 0 Å². The molecule has 6 heteroatoms. The van der Waals surface area contributed by atoms with Crippen LogP contribution >= 0.6 is 0 Å². The summed E-state index contributed by atoms with van der Waals surface area (Å²) in [5.41, 5.74) is 0.913. The van der Waals surface area contributed by atoms with Gasteiger partial charge in [0.2, 0.25) is 0 Å². The number of hydrogen-bond donors (Lipinski definition) is 0. The van der Waals surface area contributed by atoms with Crippen molar-refractivity contribution in [2.75, 3.05) is 26.8 Å². The molecule has 98 valence electrons. The summed E-state index contributed by atoms with van der Waals surface area (Å²) in [6.45, 7) is 3.58. The summed E-state index contributed by atoms with van der Waals surface area (Å²) in [6.07, 6.45) is 2.46. The lowest BCUT2D eigenvalue weighted by molar-refractivity contribution is -0.385. The van der Waals surface area contributed by atoms with Crippen LogP contribution in [0.2, 0.25) is 0 Å². The molecule has 0 unspecified atom stereocenters. The smallest absolute Gasteiger partial charge is 0.287 e. The second kappa shape index (κ2) is 5.88. The zero-order valence-electron chi connectivity index (χ0n) is 10.4. The predicted molar refractivity (Wildman–Crippen MR) is 66.2 cm³/mol. The molecule has 0 aliphatic carbocycles. The Balaban J connectivity index is 1.88. The number of aromatic nitrogens is 1. The summed E-state index contributed by atoms with van der Waals surface area (Å²) < 4.78 is 5.15. The third-order valence-corrected chi connectivity index (χ3v) is 3.18. The van der Waals surface area contributed by atoms with Gasteiger partial charge >= 0.3 is 0 Å². The van der Waals surface area contributed by atoms with Gasteiger partial charge in [-0.05, 0) is 24.9 Å².